The number of anilines is 1. The highest BCUT2D eigenvalue weighted by molar-refractivity contribution is 7.10. The quantitative estimate of drug-likeness (QED) is 0.441. The van der Waals surface area contributed by atoms with E-state index >= 15 is 0 Å². The van der Waals surface area contributed by atoms with Gasteiger partial charge in [0.25, 0.3) is 0 Å². The van der Waals surface area contributed by atoms with E-state index in [1.165, 1.54) is 44.1 Å². The first-order valence-electron chi connectivity index (χ1n) is 11.1. The molecular weight excluding hydrogens is 420 g/mol. The minimum atomic E-state index is -0.0522. The number of ketones is 1. The van der Waals surface area contributed by atoms with Gasteiger partial charge in [0.2, 0.25) is 5.91 Å². The summed E-state index contributed by atoms with van der Waals surface area (Å²) in [5.41, 5.74) is 3.66. The average Bonchev–Trinajstić information content (AvgIpc) is 3.43. The Kier molecular flexibility index (Phi) is 10.3. The number of aromatic nitrogens is 3. The van der Waals surface area contributed by atoms with Crippen LogP contribution in [-0.2, 0) is 4.79 Å². The van der Waals surface area contributed by atoms with Crippen molar-refractivity contribution in [2.45, 2.75) is 60.3 Å². The zero-order chi connectivity index (χ0) is 23.5. The number of H-pyrrole nitrogens is 1. The molecule has 0 aliphatic heterocycles. The monoisotopic (exact) mass is 454 g/mol. The fraction of sp³-hybridized carbons (Fsp3) is 0.440. The van der Waals surface area contributed by atoms with E-state index in [4.69, 9.17) is 0 Å². The van der Waals surface area contributed by atoms with Gasteiger partial charge in [0.1, 0.15) is 5.00 Å². The summed E-state index contributed by atoms with van der Waals surface area (Å²) in [6, 6.07) is 11.2. The average molecular weight is 455 g/mol. The molecule has 1 saturated carbocycles. The van der Waals surface area contributed by atoms with E-state index < -0.39 is 0 Å². The second kappa shape index (κ2) is 12.9. The van der Waals surface area contributed by atoms with Gasteiger partial charge in [-0.1, -0.05) is 63.8 Å². The van der Waals surface area contributed by atoms with Crippen molar-refractivity contribution in [3.8, 4) is 11.3 Å². The highest BCUT2D eigenvalue weighted by atomic mass is 32.1. The molecule has 3 aromatic rings. The highest BCUT2D eigenvalue weighted by Gasteiger charge is 2.15. The molecule has 172 valence electrons. The van der Waals surface area contributed by atoms with Crippen molar-refractivity contribution in [2.75, 3.05) is 5.32 Å². The minimum absolute atomic E-state index is 0.0522. The molecule has 0 spiro atoms. The fourth-order valence-corrected chi connectivity index (χ4v) is 4.11. The van der Waals surface area contributed by atoms with Gasteiger partial charge in [0, 0.05) is 18.7 Å². The van der Waals surface area contributed by atoms with Crippen LogP contribution in [0.15, 0.2) is 42.6 Å². The molecule has 0 radical (unpaired) electrons. The number of nitrogens with zero attached hydrogens (tertiary/aromatic N) is 2. The van der Waals surface area contributed by atoms with Crippen LogP contribution < -0.4 is 5.32 Å². The van der Waals surface area contributed by atoms with E-state index in [1.54, 1.807) is 13.1 Å². The van der Waals surface area contributed by atoms with Crippen LogP contribution >= 0.6 is 11.5 Å². The van der Waals surface area contributed by atoms with Gasteiger partial charge < -0.3 is 5.32 Å². The van der Waals surface area contributed by atoms with Crippen molar-refractivity contribution in [2.24, 2.45) is 11.8 Å². The second-order valence-corrected chi connectivity index (χ2v) is 9.16. The first-order valence-corrected chi connectivity index (χ1v) is 11.8. The number of Topliss-reactive ketones (excluding diaryl/α,β-unsaturated/α-hetero) is 1. The van der Waals surface area contributed by atoms with E-state index in [0.717, 1.165) is 39.4 Å². The number of aryl methyl sites for hydroxylation is 1. The summed E-state index contributed by atoms with van der Waals surface area (Å²) in [7, 11) is 0. The van der Waals surface area contributed by atoms with E-state index in [2.05, 4.69) is 33.7 Å². The lowest BCUT2D eigenvalue weighted by molar-refractivity contribution is -0.114. The van der Waals surface area contributed by atoms with Gasteiger partial charge in [-0.2, -0.15) is 9.47 Å². The van der Waals surface area contributed by atoms with Crippen LogP contribution in [0.4, 0.5) is 5.00 Å². The molecule has 0 bridgehead atoms. The SMILES string of the molecule is CC(=O)Nc1cc(C)ns1.CC(=O)c1ccc(-c2ccn[nH]2)cc1.CC1CCCCC1C. The normalized spacial score (nSPS) is 17.3. The lowest BCUT2D eigenvalue weighted by Gasteiger charge is -2.24. The Morgan fingerprint density at radius 3 is 2.06 bits per heavy atom. The van der Waals surface area contributed by atoms with Crippen molar-refractivity contribution in [3.05, 3.63) is 53.9 Å². The third-order valence-corrected chi connectivity index (χ3v) is 6.37. The van der Waals surface area contributed by atoms with Crippen LogP contribution in [0.1, 0.15) is 69.4 Å². The summed E-state index contributed by atoms with van der Waals surface area (Å²) in [6.45, 7) is 9.69. The van der Waals surface area contributed by atoms with E-state index in [0.29, 0.717) is 0 Å². The molecule has 1 aromatic carbocycles. The first-order chi connectivity index (χ1) is 15.3. The number of nitrogens with one attached hydrogen (secondary N) is 2. The van der Waals surface area contributed by atoms with Gasteiger partial charge >= 0.3 is 0 Å². The molecule has 4 rings (SSSR count). The van der Waals surface area contributed by atoms with Crippen LogP contribution in [0.2, 0.25) is 0 Å². The third-order valence-electron chi connectivity index (χ3n) is 5.57. The van der Waals surface area contributed by atoms with Crippen LogP contribution in [0.25, 0.3) is 11.3 Å². The third kappa shape index (κ3) is 8.75. The Balaban J connectivity index is 0.000000178. The van der Waals surface area contributed by atoms with E-state index in [-0.39, 0.29) is 11.7 Å². The molecule has 2 heterocycles. The number of hydrogen-bond donors (Lipinski definition) is 2. The van der Waals surface area contributed by atoms with Crippen molar-refractivity contribution >= 4 is 28.2 Å². The number of amides is 1. The molecular formula is C25H34N4O2S. The molecule has 2 N–H and O–H groups in total. The number of hydrogen-bond acceptors (Lipinski definition) is 5. The Bertz CT molecular complexity index is 954. The molecule has 1 aliphatic rings. The van der Waals surface area contributed by atoms with Gasteiger partial charge in [0.05, 0.1) is 11.4 Å². The Hall–Kier alpha value is -2.80. The molecule has 2 atom stereocenters. The zero-order valence-electron chi connectivity index (χ0n) is 19.6. The summed E-state index contributed by atoms with van der Waals surface area (Å²) < 4.78 is 4.00. The fourth-order valence-electron chi connectivity index (χ4n) is 3.40. The number of aromatic amines is 1. The molecule has 2 unspecified atom stereocenters. The Labute approximate surface area is 195 Å². The lowest BCUT2D eigenvalue weighted by Crippen LogP contribution is -2.12. The molecule has 1 aliphatic carbocycles. The predicted octanol–water partition coefficient (Wildman–Crippen LogP) is 6.52. The second-order valence-electron chi connectivity index (χ2n) is 8.36. The summed E-state index contributed by atoms with van der Waals surface area (Å²) in [5, 5.41) is 10.2. The predicted molar refractivity (Wildman–Crippen MR) is 132 cm³/mol. The maximum atomic E-state index is 11.0. The van der Waals surface area contributed by atoms with Gasteiger partial charge in [-0.3, -0.25) is 14.7 Å². The molecule has 32 heavy (non-hydrogen) atoms. The standard InChI is InChI=1S/C11H10N2O.C8H16.C6H8N2OS/c1-8(14)9-2-4-10(5-3-9)11-6-7-12-13-11;1-7-5-3-4-6-8(7)2;1-4-3-6(10-8-4)7-5(2)9/h2-7H,1H3,(H,12,13);7-8H,3-6H2,1-2H3;3H,1-2H3,(H,7,9). The smallest absolute Gasteiger partial charge is 0.221 e. The number of rotatable bonds is 3. The van der Waals surface area contributed by atoms with Crippen LogP contribution in [0.3, 0.4) is 0 Å². The van der Waals surface area contributed by atoms with E-state index in [1.807, 2.05) is 43.3 Å². The van der Waals surface area contributed by atoms with Crippen molar-refractivity contribution < 1.29 is 9.59 Å². The van der Waals surface area contributed by atoms with Gasteiger partial charge in [-0.05, 0) is 54.9 Å². The number of carbonyl (C=O) groups excluding carboxylic acids is 2. The first kappa shape index (κ1) is 25.5. The van der Waals surface area contributed by atoms with Crippen molar-refractivity contribution in [3.63, 3.8) is 0 Å². The number of benzene rings is 1. The van der Waals surface area contributed by atoms with Crippen LogP contribution in [0.5, 0.6) is 0 Å². The maximum Gasteiger partial charge on any atom is 0.221 e. The Morgan fingerprint density at radius 1 is 1.03 bits per heavy atom. The molecule has 0 saturated heterocycles. The van der Waals surface area contributed by atoms with Crippen LogP contribution in [-0.4, -0.2) is 26.3 Å². The van der Waals surface area contributed by atoms with Gasteiger partial charge in [0.15, 0.2) is 5.78 Å². The topological polar surface area (TPSA) is 87.7 Å². The molecule has 2 aromatic heterocycles. The summed E-state index contributed by atoms with van der Waals surface area (Å²) >= 11 is 1.30. The van der Waals surface area contributed by atoms with Gasteiger partial charge in [-0.15, -0.1) is 0 Å². The maximum absolute atomic E-state index is 11.0. The summed E-state index contributed by atoms with van der Waals surface area (Å²) in [5.74, 6) is 2.04. The molecule has 6 nitrogen and oxygen atoms in total. The van der Waals surface area contributed by atoms with Crippen molar-refractivity contribution in [1.82, 2.24) is 14.6 Å². The molecule has 1 fully saturated rings. The number of carbonyl (C=O) groups is 2. The minimum Gasteiger partial charge on any atom is -0.317 e. The van der Waals surface area contributed by atoms with Crippen LogP contribution in [0, 0.1) is 18.8 Å². The van der Waals surface area contributed by atoms with Gasteiger partial charge in [-0.25, -0.2) is 0 Å². The Morgan fingerprint density at radius 2 is 1.66 bits per heavy atom. The van der Waals surface area contributed by atoms with E-state index in [9.17, 15) is 9.59 Å². The zero-order valence-corrected chi connectivity index (χ0v) is 20.5. The molecule has 1 amide bonds. The highest BCUT2D eigenvalue weighted by Crippen LogP contribution is 2.28. The largest absolute Gasteiger partial charge is 0.317 e. The summed E-state index contributed by atoms with van der Waals surface area (Å²) in [4.78, 5) is 21.5. The lowest BCUT2D eigenvalue weighted by atomic mass is 9.82. The van der Waals surface area contributed by atoms with Crippen molar-refractivity contribution in [1.29, 1.82) is 0 Å². The summed E-state index contributed by atoms with van der Waals surface area (Å²) in [6.07, 6.45) is 7.60. The molecule has 7 heteroatoms.